The van der Waals surface area contributed by atoms with E-state index in [1.165, 1.54) is 64.2 Å². The van der Waals surface area contributed by atoms with Gasteiger partial charge in [-0.2, -0.15) is 12.6 Å². The minimum atomic E-state index is 0.489. The molecule has 6 heteroatoms. The van der Waals surface area contributed by atoms with Crippen molar-refractivity contribution in [1.82, 2.24) is 0 Å². The van der Waals surface area contributed by atoms with Crippen molar-refractivity contribution in [2.45, 2.75) is 64.2 Å². The van der Waals surface area contributed by atoms with E-state index < -0.39 is 0 Å². The van der Waals surface area contributed by atoms with E-state index in [-0.39, 0.29) is 0 Å². The van der Waals surface area contributed by atoms with Crippen LogP contribution in [0.2, 0.25) is 0 Å². The van der Waals surface area contributed by atoms with Crippen molar-refractivity contribution in [1.29, 1.82) is 0 Å². The predicted octanol–water partition coefficient (Wildman–Crippen LogP) is 4.78. The highest BCUT2D eigenvalue weighted by Gasteiger charge is 2.08. The molecular weight excluding hydrogens is 376 g/mol. The Morgan fingerprint density at radius 2 is 1.04 bits per heavy atom. The Balaban J connectivity index is 3.41. The van der Waals surface area contributed by atoms with Gasteiger partial charge in [-0.1, -0.05) is 51.4 Å². The van der Waals surface area contributed by atoms with Crippen LogP contribution in [-0.2, 0) is 23.7 Å². The summed E-state index contributed by atoms with van der Waals surface area (Å²) in [6.45, 7) is 5.22. The normalized spacial score (nSPS) is 12.5. The summed E-state index contributed by atoms with van der Waals surface area (Å²) >= 11 is 4.25. The molecule has 0 spiro atoms. The van der Waals surface area contributed by atoms with Crippen molar-refractivity contribution in [2.24, 2.45) is 5.92 Å². The van der Waals surface area contributed by atoms with E-state index in [2.05, 4.69) is 12.6 Å². The fourth-order valence-corrected chi connectivity index (χ4v) is 3.29. The second-order valence-electron chi connectivity index (χ2n) is 7.31. The zero-order chi connectivity index (χ0) is 20.5. The second kappa shape index (κ2) is 25.2. The van der Waals surface area contributed by atoms with Gasteiger partial charge in [-0.15, -0.1) is 0 Å². The number of ether oxygens (including phenoxy) is 5. The average Bonchev–Trinajstić information content (AvgIpc) is 2.70. The largest absolute Gasteiger partial charge is 0.384 e. The maximum atomic E-state index is 5.76. The Kier molecular flexibility index (Phi) is 25.3. The van der Waals surface area contributed by atoms with E-state index in [0.29, 0.717) is 45.6 Å². The highest BCUT2D eigenvalue weighted by atomic mass is 32.1. The fraction of sp³-hybridized carbons (Fsp3) is 1.00. The molecule has 0 aromatic rings. The first kappa shape index (κ1) is 28.1. The molecular formula is C22H46O5S. The lowest BCUT2D eigenvalue weighted by Gasteiger charge is -2.16. The Bertz CT molecular complexity index is 258. The van der Waals surface area contributed by atoms with Crippen molar-refractivity contribution in [3.05, 3.63) is 0 Å². The summed E-state index contributed by atoms with van der Waals surface area (Å²) in [5.41, 5.74) is 0. The Hall–Kier alpha value is 0.150. The standard InChI is InChI=1S/C22H46O5S/c1-23-13-14-25-15-16-26-17-18-27-21-22(20-24-2)12-10-8-6-4-3-5-7-9-11-19-28/h22,28H,3-21H2,1-2H3. The third-order valence-electron chi connectivity index (χ3n) is 4.70. The molecule has 0 aromatic carbocycles. The number of methoxy groups -OCH3 is 2. The topological polar surface area (TPSA) is 46.2 Å². The molecule has 0 fully saturated rings. The van der Waals surface area contributed by atoms with E-state index in [9.17, 15) is 0 Å². The molecule has 1 atom stereocenters. The van der Waals surface area contributed by atoms with Crippen LogP contribution in [0.25, 0.3) is 0 Å². The molecule has 0 saturated heterocycles. The van der Waals surface area contributed by atoms with Crippen LogP contribution in [0, 0.1) is 5.92 Å². The first-order valence-corrected chi connectivity index (χ1v) is 11.8. The van der Waals surface area contributed by atoms with Gasteiger partial charge in [-0.05, 0) is 18.6 Å². The molecule has 0 aromatic heterocycles. The van der Waals surface area contributed by atoms with Gasteiger partial charge in [0, 0.05) is 20.1 Å². The molecule has 5 nitrogen and oxygen atoms in total. The van der Waals surface area contributed by atoms with Gasteiger partial charge in [0.15, 0.2) is 0 Å². The van der Waals surface area contributed by atoms with Crippen LogP contribution in [0.1, 0.15) is 64.2 Å². The first-order chi connectivity index (χ1) is 13.8. The molecule has 1 unspecified atom stereocenters. The lowest BCUT2D eigenvalue weighted by Crippen LogP contribution is -2.18. The van der Waals surface area contributed by atoms with Crippen LogP contribution in [0.5, 0.6) is 0 Å². The summed E-state index contributed by atoms with van der Waals surface area (Å²) in [6, 6.07) is 0. The average molecular weight is 423 g/mol. The van der Waals surface area contributed by atoms with Crippen molar-refractivity contribution in [3.63, 3.8) is 0 Å². The Morgan fingerprint density at radius 3 is 1.57 bits per heavy atom. The van der Waals surface area contributed by atoms with Gasteiger partial charge in [0.1, 0.15) is 0 Å². The van der Waals surface area contributed by atoms with Crippen molar-refractivity contribution < 1.29 is 23.7 Å². The van der Waals surface area contributed by atoms with Crippen LogP contribution in [0.15, 0.2) is 0 Å². The van der Waals surface area contributed by atoms with Crippen LogP contribution in [0.3, 0.4) is 0 Å². The summed E-state index contributed by atoms with van der Waals surface area (Å²) in [4.78, 5) is 0. The van der Waals surface area contributed by atoms with Gasteiger partial charge in [0.05, 0.1) is 52.9 Å². The predicted molar refractivity (Wildman–Crippen MR) is 120 cm³/mol. The maximum Gasteiger partial charge on any atom is 0.0701 e. The molecule has 0 aliphatic rings. The third-order valence-corrected chi connectivity index (χ3v) is 5.02. The van der Waals surface area contributed by atoms with E-state index >= 15 is 0 Å². The fourth-order valence-electron chi connectivity index (χ4n) is 3.06. The van der Waals surface area contributed by atoms with E-state index in [1.54, 1.807) is 14.2 Å². The van der Waals surface area contributed by atoms with Crippen LogP contribution < -0.4 is 0 Å². The van der Waals surface area contributed by atoms with Gasteiger partial charge in [0.25, 0.3) is 0 Å². The van der Waals surface area contributed by atoms with Gasteiger partial charge in [-0.25, -0.2) is 0 Å². The summed E-state index contributed by atoms with van der Waals surface area (Å²) < 4.78 is 26.9. The van der Waals surface area contributed by atoms with Crippen molar-refractivity contribution >= 4 is 12.6 Å². The SMILES string of the molecule is COCCOCCOCCOCC(CCCCCCCCCCCS)COC. The highest BCUT2D eigenvalue weighted by molar-refractivity contribution is 7.80. The molecule has 0 bridgehead atoms. The van der Waals surface area contributed by atoms with E-state index in [4.69, 9.17) is 23.7 Å². The van der Waals surface area contributed by atoms with E-state index in [0.717, 1.165) is 19.0 Å². The smallest absolute Gasteiger partial charge is 0.0701 e. The monoisotopic (exact) mass is 422 g/mol. The van der Waals surface area contributed by atoms with Gasteiger partial charge >= 0.3 is 0 Å². The third kappa shape index (κ3) is 22.4. The minimum absolute atomic E-state index is 0.489. The molecule has 0 N–H and O–H groups in total. The maximum absolute atomic E-state index is 5.76. The van der Waals surface area contributed by atoms with E-state index in [1.807, 2.05) is 0 Å². The number of rotatable bonds is 24. The van der Waals surface area contributed by atoms with Gasteiger partial charge < -0.3 is 23.7 Å². The van der Waals surface area contributed by atoms with Crippen molar-refractivity contribution in [2.75, 3.05) is 72.8 Å². The lowest BCUT2D eigenvalue weighted by atomic mass is 10.0. The molecule has 0 radical (unpaired) electrons. The summed E-state index contributed by atoms with van der Waals surface area (Å²) in [5, 5.41) is 0. The van der Waals surface area contributed by atoms with Crippen LogP contribution in [0.4, 0.5) is 0 Å². The molecule has 170 valence electrons. The summed E-state index contributed by atoms with van der Waals surface area (Å²) in [7, 11) is 3.44. The number of hydrogen-bond acceptors (Lipinski definition) is 6. The van der Waals surface area contributed by atoms with Gasteiger partial charge in [-0.3, -0.25) is 0 Å². The second-order valence-corrected chi connectivity index (χ2v) is 7.76. The number of hydrogen-bond donors (Lipinski definition) is 1. The molecule has 28 heavy (non-hydrogen) atoms. The summed E-state index contributed by atoms with van der Waals surface area (Å²) in [5.74, 6) is 1.52. The van der Waals surface area contributed by atoms with Gasteiger partial charge in [0.2, 0.25) is 0 Å². The zero-order valence-corrected chi connectivity index (χ0v) is 19.4. The number of unbranched alkanes of at least 4 members (excludes halogenated alkanes) is 8. The molecule has 0 aliphatic carbocycles. The number of thiol groups is 1. The first-order valence-electron chi connectivity index (χ1n) is 11.2. The Labute approximate surface area is 179 Å². The summed E-state index contributed by atoms with van der Waals surface area (Å²) in [6.07, 6.45) is 13.3. The van der Waals surface area contributed by atoms with Crippen molar-refractivity contribution in [3.8, 4) is 0 Å². The Morgan fingerprint density at radius 1 is 0.536 bits per heavy atom. The van der Waals surface area contributed by atoms with Crippen LogP contribution >= 0.6 is 12.6 Å². The minimum Gasteiger partial charge on any atom is -0.384 e. The molecule has 0 aliphatic heterocycles. The molecule has 0 saturated carbocycles. The molecule has 0 heterocycles. The molecule has 0 amide bonds. The lowest BCUT2D eigenvalue weighted by molar-refractivity contribution is -0.00797. The molecule has 0 rings (SSSR count). The highest BCUT2D eigenvalue weighted by Crippen LogP contribution is 2.14. The quantitative estimate of drug-likeness (QED) is 0.179. The zero-order valence-electron chi connectivity index (χ0n) is 18.5. The van der Waals surface area contributed by atoms with Crippen LogP contribution in [-0.4, -0.2) is 72.8 Å².